The van der Waals surface area contributed by atoms with Crippen molar-refractivity contribution in [3.8, 4) is 0 Å². The number of alkyl halides is 3. The predicted molar refractivity (Wildman–Crippen MR) is 140 cm³/mol. The Balaban J connectivity index is 1.01. The van der Waals surface area contributed by atoms with E-state index in [4.69, 9.17) is 0 Å². The summed E-state index contributed by atoms with van der Waals surface area (Å²) in [6.45, 7) is 2.63. The minimum Gasteiger partial charge on any atom is -0.390 e. The molecule has 0 saturated heterocycles. The Bertz CT molecular complexity index is 1480. The number of halogens is 3. The molecule has 0 spiro atoms. The zero-order valence-electron chi connectivity index (χ0n) is 21.9. The number of hydrogen-bond acceptors (Lipinski definition) is 6. The van der Waals surface area contributed by atoms with E-state index in [1.54, 1.807) is 0 Å². The van der Waals surface area contributed by atoms with Crippen LogP contribution in [0.3, 0.4) is 0 Å². The van der Waals surface area contributed by atoms with Crippen LogP contribution in [-0.4, -0.2) is 71.5 Å². The fourth-order valence-corrected chi connectivity index (χ4v) is 6.43. The molecule has 11 heteroatoms. The number of imidazole rings is 1. The molecule has 4 atom stereocenters. The Morgan fingerprint density at radius 3 is 2.67 bits per heavy atom. The van der Waals surface area contributed by atoms with Crippen molar-refractivity contribution >= 4 is 22.1 Å². The van der Waals surface area contributed by atoms with Crippen molar-refractivity contribution in [2.45, 2.75) is 69.5 Å². The highest BCUT2D eigenvalue weighted by atomic mass is 19.4. The molecule has 0 radical (unpaired) electrons. The molecule has 4 aromatic rings. The Hall–Kier alpha value is -3.02. The second kappa shape index (κ2) is 9.87. The molecule has 0 aliphatic heterocycles. The third-order valence-corrected chi connectivity index (χ3v) is 8.84. The summed E-state index contributed by atoms with van der Waals surface area (Å²) in [5.74, 6) is 1.19. The van der Waals surface area contributed by atoms with E-state index in [0.29, 0.717) is 48.2 Å². The Labute approximate surface area is 223 Å². The number of hydrogen-bond donors (Lipinski definition) is 3. The first kappa shape index (κ1) is 26.2. The minimum atomic E-state index is -4.38. The zero-order chi connectivity index (χ0) is 27.5. The molecule has 6 rings (SSSR count). The van der Waals surface area contributed by atoms with Gasteiger partial charge in [-0.25, -0.2) is 15.0 Å². The van der Waals surface area contributed by atoms with Crippen LogP contribution in [0.2, 0.25) is 0 Å². The van der Waals surface area contributed by atoms with Gasteiger partial charge in [0.25, 0.3) is 0 Å². The highest BCUT2D eigenvalue weighted by molar-refractivity contribution is 5.78. The number of aromatic amines is 1. The maximum atomic E-state index is 13.0. The number of aryl methyl sites for hydroxylation is 2. The van der Waals surface area contributed by atoms with Crippen molar-refractivity contribution in [2.75, 3.05) is 13.6 Å². The molecule has 2 aliphatic carbocycles. The second-order valence-corrected chi connectivity index (χ2v) is 11.3. The molecular weight excluding hydrogens is 509 g/mol. The monoisotopic (exact) mass is 542 g/mol. The largest absolute Gasteiger partial charge is 0.416 e. The van der Waals surface area contributed by atoms with Crippen LogP contribution >= 0.6 is 0 Å². The summed E-state index contributed by atoms with van der Waals surface area (Å²) in [6.07, 6.45) is 1.75. The van der Waals surface area contributed by atoms with E-state index in [1.807, 2.05) is 23.8 Å². The number of aliphatic hydroxyl groups excluding tert-OH is 2. The van der Waals surface area contributed by atoms with Crippen LogP contribution in [0.1, 0.15) is 48.8 Å². The average molecular weight is 543 g/mol. The fourth-order valence-electron chi connectivity index (χ4n) is 6.43. The van der Waals surface area contributed by atoms with Gasteiger partial charge in [-0.1, -0.05) is 0 Å². The number of nitrogens with zero attached hydrogens (tertiary/aromatic N) is 5. The van der Waals surface area contributed by atoms with Crippen LogP contribution in [0.15, 0.2) is 36.8 Å². The van der Waals surface area contributed by atoms with E-state index < -0.39 is 23.9 Å². The molecule has 2 fully saturated rings. The summed E-state index contributed by atoms with van der Waals surface area (Å²) in [5.41, 5.74) is 1.95. The number of benzene rings is 1. The lowest BCUT2D eigenvalue weighted by Crippen LogP contribution is -2.46. The first-order valence-electron chi connectivity index (χ1n) is 13.5. The average Bonchev–Trinajstić information content (AvgIpc) is 3.54. The van der Waals surface area contributed by atoms with Gasteiger partial charge in [0.1, 0.15) is 23.9 Å². The number of rotatable bonds is 7. The molecule has 39 heavy (non-hydrogen) atoms. The summed E-state index contributed by atoms with van der Waals surface area (Å²) in [6, 6.07) is 5.74. The van der Waals surface area contributed by atoms with Crippen LogP contribution in [0, 0.1) is 18.8 Å². The number of H-pyrrole nitrogens is 1. The van der Waals surface area contributed by atoms with Crippen molar-refractivity contribution in [1.29, 1.82) is 0 Å². The van der Waals surface area contributed by atoms with Gasteiger partial charge in [0.05, 0.1) is 34.4 Å². The maximum Gasteiger partial charge on any atom is 0.416 e. The van der Waals surface area contributed by atoms with Gasteiger partial charge in [0, 0.05) is 36.5 Å². The van der Waals surface area contributed by atoms with Gasteiger partial charge in [0.15, 0.2) is 0 Å². The Morgan fingerprint density at radius 2 is 1.90 bits per heavy atom. The predicted octanol–water partition coefficient (Wildman–Crippen LogP) is 4.26. The van der Waals surface area contributed by atoms with E-state index in [2.05, 4.69) is 31.9 Å². The normalized spacial score (nSPS) is 27.6. The molecule has 1 aromatic carbocycles. The van der Waals surface area contributed by atoms with Crippen molar-refractivity contribution < 1.29 is 23.4 Å². The van der Waals surface area contributed by atoms with Crippen molar-refractivity contribution in [3.63, 3.8) is 0 Å². The quantitative estimate of drug-likeness (QED) is 0.323. The SMILES string of the molecule is Cc1ncnc2c1ccn2[C@@H]1C[C@H](CN(C)[C@H]2C[C@H](CCc3nc4cc(C(F)(F)F)ccc4[nH]3)C2)[C@@H](O)[C@H]1O. The molecule has 3 N–H and O–H groups in total. The summed E-state index contributed by atoms with van der Waals surface area (Å²) in [5, 5.41) is 22.7. The molecular formula is C28H33F3N6O2. The van der Waals surface area contributed by atoms with Crippen LogP contribution in [0.5, 0.6) is 0 Å². The van der Waals surface area contributed by atoms with E-state index >= 15 is 0 Å². The summed E-state index contributed by atoms with van der Waals surface area (Å²) in [7, 11) is 2.08. The van der Waals surface area contributed by atoms with E-state index in [1.165, 1.54) is 12.4 Å². The number of fused-ring (bicyclic) bond motifs is 2. The molecule has 0 bridgehead atoms. The number of nitrogens with one attached hydrogen (secondary N) is 1. The number of aliphatic hydroxyl groups is 2. The lowest BCUT2D eigenvalue weighted by molar-refractivity contribution is -0.137. The van der Waals surface area contributed by atoms with Crippen molar-refractivity contribution in [3.05, 3.63) is 53.9 Å². The van der Waals surface area contributed by atoms with Crippen molar-refractivity contribution in [2.24, 2.45) is 11.8 Å². The van der Waals surface area contributed by atoms with Gasteiger partial charge >= 0.3 is 6.18 Å². The third kappa shape index (κ3) is 4.92. The third-order valence-electron chi connectivity index (χ3n) is 8.84. The molecule has 0 unspecified atom stereocenters. The maximum absolute atomic E-state index is 13.0. The van der Waals surface area contributed by atoms with Gasteiger partial charge < -0.3 is 24.7 Å². The van der Waals surface area contributed by atoms with Gasteiger partial charge in [-0.2, -0.15) is 13.2 Å². The molecule has 3 aromatic heterocycles. The van der Waals surface area contributed by atoms with Gasteiger partial charge in [0.2, 0.25) is 0 Å². The summed E-state index contributed by atoms with van der Waals surface area (Å²) < 4.78 is 40.9. The van der Waals surface area contributed by atoms with Crippen LogP contribution in [-0.2, 0) is 12.6 Å². The molecule has 2 aliphatic rings. The molecule has 0 amide bonds. The van der Waals surface area contributed by atoms with E-state index in [0.717, 1.165) is 48.1 Å². The van der Waals surface area contributed by atoms with Gasteiger partial charge in [-0.05, 0) is 69.8 Å². The van der Waals surface area contributed by atoms with Gasteiger partial charge in [-0.15, -0.1) is 0 Å². The molecule has 3 heterocycles. The van der Waals surface area contributed by atoms with Gasteiger partial charge in [-0.3, -0.25) is 0 Å². The fraction of sp³-hybridized carbons (Fsp3) is 0.536. The first-order valence-corrected chi connectivity index (χ1v) is 13.5. The zero-order valence-corrected chi connectivity index (χ0v) is 21.9. The lowest BCUT2D eigenvalue weighted by atomic mass is 9.76. The van der Waals surface area contributed by atoms with Crippen LogP contribution in [0.4, 0.5) is 13.2 Å². The smallest absolute Gasteiger partial charge is 0.390 e. The Morgan fingerprint density at radius 1 is 1.10 bits per heavy atom. The molecule has 8 nitrogen and oxygen atoms in total. The second-order valence-electron chi connectivity index (χ2n) is 11.3. The Kier molecular flexibility index (Phi) is 6.63. The highest BCUT2D eigenvalue weighted by Crippen LogP contribution is 2.40. The standard InChI is InChI=1S/C28H33F3N6O2/c1-15-20-7-8-37(27(20)33-14-32-15)23-11-17(25(38)26(23)39)13-36(2)19-9-16(10-19)3-6-24-34-21-5-4-18(28(29,30)31)12-22(21)35-24/h4-5,7-8,12,14,16-17,19,23,25-26,38-39H,3,6,9-11,13H2,1-2H3,(H,34,35)/t16-,17-,19-,23-,25-,26+/m1/s1. The lowest BCUT2D eigenvalue weighted by Gasteiger charge is -2.42. The van der Waals surface area contributed by atoms with Crippen molar-refractivity contribution in [1.82, 2.24) is 29.4 Å². The molecule has 208 valence electrons. The first-order chi connectivity index (χ1) is 18.6. The van der Waals surface area contributed by atoms with Crippen LogP contribution in [0.25, 0.3) is 22.1 Å². The van der Waals surface area contributed by atoms with E-state index in [-0.39, 0.29) is 12.0 Å². The number of aromatic nitrogens is 5. The highest BCUT2D eigenvalue weighted by Gasteiger charge is 2.44. The van der Waals surface area contributed by atoms with Crippen LogP contribution < -0.4 is 0 Å². The van der Waals surface area contributed by atoms with E-state index in [9.17, 15) is 23.4 Å². The minimum absolute atomic E-state index is 0.0495. The molecule has 2 saturated carbocycles. The topological polar surface area (TPSA) is 103 Å². The summed E-state index contributed by atoms with van der Waals surface area (Å²) in [4.78, 5) is 18.5. The summed E-state index contributed by atoms with van der Waals surface area (Å²) >= 11 is 0.